The maximum atomic E-state index is 11.7. The quantitative estimate of drug-likeness (QED) is 0.823. The van der Waals surface area contributed by atoms with Gasteiger partial charge in [0.25, 0.3) is 0 Å². The number of hydrogen-bond acceptors (Lipinski definition) is 2. The lowest BCUT2D eigenvalue weighted by Crippen LogP contribution is -2.12. The Labute approximate surface area is 112 Å². The Bertz CT molecular complexity index is 474. The molecule has 0 spiro atoms. The predicted octanol–water partition coefficient (Wildman–Crippen LogP) is 2.81. The molecule has 96 valence electrons. The summed E-state index contributed by atoms with van der Waals surface area (Å²) in [5.74, 6) is 5.28. The number of aliphatic hydroxyl groups is 1. The van der Waals surface area contributed by atoms with Crippen molar-refractivity contribution in [1.29, 1.82) is 0 Å². The van der Waals surface area contributed by atoms with Crippen LogP contribution in [0.4, 0.5) is 5.69 Å². The first-order valence-corrected chi connectivity index (χ1v) is 6.24. The van der Waals surface area contributed by atoms with Gasteiger partial charge in [-0.05, 0) is 24.6 Å². The zero-order valence-electron chi connectivity index (χ0n) is 10.3. The van der Waals surface area contributed by atoms with Crippen LogP contribution < -0.4 is 5.32 Å². The molecule has 1 rings (SSSR count). The smallest absolute Gasteiger partial charge is 0.224 e. The first-order valence-electron chi connectivity index (χ1n) is 5.86. The van der Waals surface area contributed by atoms with Crippen LogP contribution in [-0.4, -0.2) is 17.6 Å². The van der Waals surface area contributed by atoms with E-state index in [-0.39, 0.29) is 12.5 Å². The van der Waals surface area contributed by atoms with E-state index in [9.17, 15) is 4.79 Å². The van der Waals surface area contributed by atoms with Crippen molar-refractivity contribution >= 4 is 23.2 Å². The van der Waals surface area contributed by atoms with Gasteiger partial charge >= 0.3 is 0 Å². The predicted molar refractivity (Wildman–Crippen MR) is 73.6 cm³/mol. The van der Waals surface area contributed by atoms with Crippen molar-refractivity contribution in [3.63, 3.8) is 0 Å². The average Bonchev–Trinajstić information content (AvgIpc) is 2.35. The van der Waals surface area contributed by atoms with E-state index in [0.29, 0.717) is 22.7 Å². The number of carbonyl (C=O) groups excluding carboxylic acids is 1. The summed E-state index contributed by atoms with van der Waals surface area (Å²) < 4.78 is 0. The van der Waals surface area contributed by atoms with Gasteiger partial charge in [0.05, 0.1) is 5.69 Å². The number of unbranched alkanes of at least 4 members (excludes halogenated alkanes) is 1. The van der Waals surface area contributed by atoms with Gasteiger partial charge in [-0.2, -0.15) is 0 Å². The molecule has 0 atom stereocenters. The lowest BCUT2D eigenvalue weighted by atomic mass is 10.1. The summed E-state index contributed by atoms with van der Waals surface area (Å²) in [6.07, 6.45) is 2.31. The monoisotopic (exact) mass is 265 g/mol. The standard InChI is InChI=1S/C14H16ClNO2/c1-2-3-6-14(18)16-13-10-12(15)8-7-11(13)5-4-9-17/h7-8,10,17H,2-3,6,9H2,1H3,(H,16,18). The van der Waals surface area contributed by atoms with E-state index in [0.717, 1.165) is 12.8 Å². The van der Waals surface area contributed by atoms with Gasteiger partial charge in [-0.25, -0.2) is 0 Å². The highest BCUT2D eigenvalue weighted by molar-refractivity contribution is 6.31. The largest absolute Gasteiger partial charge is 0.384 e. The van der Waals surface area contributed by atoms with Crippen molar-refractivity contribution in [1.82, 2.24) is 0 Å². The number of carbonyl (C=O) groups is 1. The number of halogens is 1. The van der Waals surface area contributed by atoms with Crippen LogP contribution in [0, 0.1) is 11.8 Å². The number of aliphatic hydroxyl groups excluding tert-OH is 1. The SMILES string of the molecule is CCCCC(=O)Nc1cc(Cl)ccc1C#CCO. The van der Waals surface area contributed by atoms with Gasteiger partial charge in [0.15, 0.2) is 0 Å². The molecule has 0 aliphatic heterocycles. The van der Waals surface area contributed by atoms with Crippen LogP contribution in [0.1, 0.15) is 31.7 Å². The Hall–Kier alpha value is -1.50. The fraction of sp³-hybridized carbons (Fsp3) is 0.357. The van der Waals surface area contributed by atoms with E-state index < -0.39 is 0 Å². The fourth-order valence-electron chi connectivity index (χ4n) is 1.41. The maximum Gasteiger partial charge on any atom is 0.224 e. The highest BCUT2D eigenvalue weighted by Crippen LogP contribution is 2.20. The molecule has 0 aromatic heterocycles. The highest BCUT2D eigenvalue weighted by Gasteiger charge is 2.06. The van der Waals surface area contributed by atoms with Gasteiger partial charge in [0.1, 0.15) is 6.61 Å². The molecule has 3 nitrogen and oxygen atoms in total. The van der Waals surface area contributed by atoms with E-state index in [4.69, 9.17) is 16.7 Å². The number of benzene rings is 1. The van der Waals surface area contributed by atoms with Crippen LogP contribution in [0.2, 0.25) is 5.02 Å². The Kier molecular flexibility index (Phi) is 6.27. The summed E-state index contributed by atoms with van der Waals surface area (Å²) >= 11 is 5.89. The van der Waals surface area contributed by atoms with Crippen LogP contribution in [0.3, 0.4) is 0 Å². The summed E-state index contributed by atoms with van der Waals surface area (Å²) in [6, 6.07) is 5.08. The first-order chi connectivity index (χ1) is 8.67. The zero-order valence-corrected chi connectivity index (χ0v) is 11.0. The van der Waals surface area contributed by atoms with Crippen molar-refractivity contribution in [3.8, 4) is 11.8 Å². The average molecular weight is 266 g/mol. The molecule has 0 aliphatic carbocycles. The summed E-state index contributed by atoms with van der Waals surface area (Å²) in [6.45, 7) is 1.82. The van der Waals surface area contributed by atoms with E-state index >= 15 is 0 Å². The minimum atomic E-state index is -0.216. The van der Waals surface area contributed by atoms with Gasteiger partial charge < -0.3 is 10.4 Å². The Morgan fingerprint density at radius 2 is 2.28 bits per heavy atom. The van der Waals surface area contributed by atoms with E-state index in [1.165, 1.54) is 0 Å². The number of amides is 1. The first kappa shape index (κ1) is 14.6. The molecule has 1 aromatic rings. The van der Waals surface area contributed by atoms with Crippen molar-refractivity contribution in [2.24, 2.45) is 0 Å². The topological polar surface area (TPSA) is 49.3 Å². The van der Waals surface area contributed by atoms with E-state index in [1.54, 1.807) is 18.2 Å². The number of anilines is 1. The minimum absolute atomic E-state index is 0.0498. The van der Waals surface area contributed by atoms with Crippen LogP contribution in [0.5, 0.6) is 0 Å². The molecule has 4 heteroatoms. The van der Waals surface area contributed by atoms with Crippen LogP contribution in [-0.2, 0) is 4.79 Å². The molecule has 1 amide bonds. The van der Waals surface area contributed by atoms with Gasteiger partial charge in [0, 0.05) is 17.0 Å². The van der Waals surface area contributed by atoms with Crippen LogP contribution in [0.15, 0.2) is 18.2 Å². The maximum absolute atomic E-state index is 11.7. The Morgan fingerprint density at radius 1 is 1.50 bits per heavy atom. The molecular weight excluding hydrogens is 250 g/mol. The second kappa shape index (κ2) is 7.75. The zero-order chi connectivity index (χ0) is 13.4. The van der Waals surface area contributed by atoms with Gasteiger partial charge in [0.2, 0.25) is 5.91 Å². The van der Waals surface area contributed by atoms with E-state index in [2.05, 4.69) is 17.2 Å². The van der Waals surface area contributed by atoms with Crippen molar-refractivity contribution in [3.05, 3.63) is 28.8 Å². The molecular formula is C14H16ClNO2. The second-order valence-electron chi connectivity index (χ2n) is 3.80. The molecule has 2 N–H and O–H groups in total. The lowest BCUT2D eigenvalue weighted by molar-refractivity contribution is -0.116. The lowest BCUT2D eigenvalue weighted by Gasteiger charge is -2.07. The van der Waals surface area contributed by atoms with Gasteiger partial charge in [-0.15, -0.1) is 0 Å². The van der Waals surface area contributed by atoms with Crippen LogP contribution in [0.25, 0.3) is 0 Å². The number of nitrogens with one attached hydrogen (secondary N) is 1. The highest BCUT2D eigenvalue weighted by atomic mass is 35.5. The third-order valence-corrected chi connectivity index (χ3v) is 2.55. The molecule has 0 bridgehead atoms. The molecule has 0 fully saturated rings. The Balaban J connectivity index is 2.85. The molecule has 1 aromatic carbocycles. The molecule has 0 saturated heterocycles. The Morgan fingerprint density at radius 3 is 2.94 bits per heavy atom. The summed E-state index contributed by atoms with van der Waals surface area (Å²) in [5.41, 5.74) is 1.24. The molecule has 0 unspecified atom stereocenters. The van der Waals surface area contributed by atoms with Crippen molar-refractivity contribution in [2.75, 3.05) is 11.9 Å². The molecule has 0 saturated carbocycles. The molecule has 0 heterocycles. The molecule has 0 radical (unpaired) electrons. The van der Waals surface area contributed by atoms with Crippen LogP contribution >= 0.6 is 11.6 Å². The van der Waals surface area contributed by atoms with E-state index in [1.807, 2.05) is 6.92 Å². The second-order valence-corrected chi connectivity index (χ2v) is 4.24. The molecule has 0 aliphatic rings. The summed E-state index contributed by atoms with van der Waals surface area (Å²) in [4.78, 5) is 11.7. The van der Waals surface area contributed by atoms with Gasteiger partial charge in [-0.3, -0.25) is 4.79 Å². The fourth-order valence-corrected chi connectivity index (χ4v) is 1.59. The summed E-state index contributed by atoms with van der Waals surface area (Å²) in [5, 5.41) is 12.0. The van der Waals surface area contributed by atoms with Crippen molar-refractivity contribution in [2.45, 2.75) is 26.2 Å². The molecule has 18 heavy (non-hydrogen) atoms. The third-order valence-electron chi connectivity index (χ3n) is 2.32. The minimum Gasteiger partial charge on any atom is -0.384 e. The summed E-state index contributed by atoms with van der Waals surface area (Å²) in [7, 11) is 0. The number of hydrogen-bond donors (Lipinski definition) is 2. The normalized spacial score (nSPS) is 9.50. The van der Waals surface area contributed by atoms with Gasteiger partial charge in [-0.1, -0.05) is 36.8 Å². The third kappa shape index (κ3) is 4.79. The van der Waals surface area contributed by atoms with Crippen molar-refractivity contribution < 1.29 is 9.90 Å². The number of rotatable bonds is 4.